The topological polar surface area (TPSA) is 44.8 Å². The van der Waals surface area contributed by atoms with E-state index < -0.39 is 0 Å². The van der Waals surface area contributed by atoms with Gasteiger partial charge < -0.3 is 14.2 Å². The molecule has 3 rings (SSSR count). The smallest absolute Gasteiger partial charge is 0.150 e. The molecule has 0 fully saturated rings. The Morgan fingerprint density at radius 1 is 0.793 bits per heavy atom. The third-order valence-electron chi connectivity index (χ3n) is 5.02. The summed E-state index contributed by atoms with van der Waals surface area (Å²) < 4.78 is 16.8. The van der Waals surface area contributed by atoms with Crippen LogP contribution in [0.5, 0.6) is 23.0 Å². The van der Waals surface area contributed by atoms with Crippen LogP contribution in [-0.2, 0) is 11.8 Å². The van der Waals surface area contributed by atoms with E-state index in [2.05, 4.69) is 26.0 Å². The van der Waals surface area contributed by atoms with Gasteiger partial charge >= 0.3 is 0 Å². The first-order valence-corrected chi connectivity index (χ1v) is 9.50. The fraction of sp³-hybridized carbons (Fsp3) is 0.240. The van der Waals surface area contributed by atoms with Crippen LogP contribution in [0.15, 0.2) is 66.7 Å². The van der Waals surface area contributed by atoms with E-state index in [-0.39, 0.29) is 5.41 Å². The lowest BCUT2D eigenvalue weighted by Gasteiger charge is -2.27. The zero-order valence-electron chi connectivity index (χ0n) is 17.3. The minimum atomic E-state index is -0.111. The molecule has 0 unspecified atom stereocenters. The van der Waals surface area contributed by atoms with Crippen LogP contribution >= 0.6 is 0 Å². The molecule has 0 atom stereocenters. The van der Waals surface area contributed by atoms with Crippen molar-refractivity contribution in [1.82, 2.24) is 0 Å². The maximum atomic E-state index is 10.9. The lowest BCUT2D eigenvalue weighted by atomic mass is 9.79. The van der Waals surface area contributed by atoms with Gasteiger partial charge in [0, 0.05) is 11.6 Å². The number of carbonyl (C=O) groups excluding carboxylic acids is 1. The van der Waals surface area contributed by atoms with Crippen LogP contribution in [-0.4, -0.2) is 20.5 Å². The van der Waals surface area contributed by atoms with Crippen LogP contribution in [0.1, 0.15) is 35.3 Å². The molecule has 0 spiro atoms. The van der Waals surface area contributed by atoms with E-state index in [0.29, 0.717) is 11.3 Å². The maximum absolute atomic E-state index is 10.9. The summed E-state index contributed by atoms with van der Waals surface area (Å²) in [6, 6.07) is 21.1. The number of ether oxygens (including phenoxy) is 3. The largest absolute Gasteiger partial charge is 0.497 e. The molecule has 3 aromatic carbocycles. The first-order chi connectivity index (χ1) is 13.9. The molecule has 150 valence electrons. The molecule has 0 amide bonds. The maximum Gasteiger partial charge on any atom is 0.150 e. The third-order valence-corrected chi connectivity index (χ3v) is 5.02. The quantitative estimate of drug-likeness (QED) is 0.454. The van der Waals surface area contributed by atoms with Gasteiger partial charge in [0.1, 0.15) is 29.3 Å². The Kier molecular flexibility index (Phi) is 6.23. The van der Waals surface area contributed by atoms with E-state index in [1.54, 1.807) is 38.5 Å². The van der Waals surface area contributed by atoms with E-state index in [1.807, 2.05) is 30.3 Å². The van der Waals surface area contributed by atoms with Crippen molar-refractivity contribution < 1.29 is 19.0 Å². The molecule has 29 heavy (non-hydrogen) atoms. The van der Waals surface area contributed by atoms with E-state index in [0.717, 1.165) is 35.5 Å². The molecule has 0 aliphatic rings. The van der Waals surface area contributed by atoms with E-state index >= 15 is 0 Å². The summed E-state index contributed by atoms with van der Waals surface area (Å²) in [6.07, 6.45) is 1.60. The molecule has 4 nitrogen and oxygen atoms in total. The van der Waals surface area contributed by atoms with Gasteiger partial charge in [-0.3, -0.25) is 4.79 Å². The van der Waals surface area contributed by atoms with E-state index in [1.165, 1.54) is 5.56 Å². The van der Waals surface area contributed by atoms with Crippen molar-refractivity contribution in [2.45, 2.75) is 25.7 Å². The molecule has 0 radical (unpaired) electrons. The summed E-state index contributed by atoms with van der Waals surface area (Å²) in [5, 5.41) is 0. The van der Waals surface area contributed by atoms with Crippen molar-refractivity contribution in [1.29, 1.82) is 0 Å². The van der Waals surface area contributed by atoms with Crippen molar-refractivity contribution in [2.24, 2.45) is 0 Å². The minimum absolute atomic E-state index is 0.111. The number of carbonyl (C=O) groups is 1. The molecule has 3 aromatic rings. The molecule has 0 aliphatic carbocycles. The van der Waals surface area contributed by atoms with Gasteiger partial charge in [0.15, 0.2) is 0 Å². The first kappa shape index (κ1) is 20.5. The van der Waals surface area contributed by atoms with Gasteiger partial charge in [0.25, 0.3) is 0 Å². The molecular formula is C25H26O4. The van der Waals surface area contributed by atoms with Crippen molar-refractivity contribution in [3.05, 3.63) is 83.4 Å². The highest BCUT2D eigenvalue weighted by Gasteiger charge is 2.23. The average Bonchev–Trinajstić information content (AvgIpc) is 2.75. The summed E-state index contributed by atoms with van der Waals surface area (Å²) in [5.41, 5.74) is 2.80. The van der Waals surface area contributed by atoms with Crippen molar-refractivity contribution in [2.75, 3.05) is 14.2 Å². The summed E-state index contributed by atoms with van der Waals surface area (Å²) >= 11 is 0. The van der Waals surface area contributed by atoms with Crippen LogP contribution < -0.4 is 14.2 Å². The molecule has 4 heteroatoms. The molecule has 0 saturated heterocycles. The van der Waals surface area contributed by atoms with Crippen molar-refractivity contribution >= 4 is 6.29 Å². The Morgan fingerprint density at radius 3 is 1.97 bits per heavy atom. The monoisotopic (exact) mass is 390 g/mol. The number of rotatable bonds is 8. The number of methoxy groups -OCH3 is 2. The summed E-state index contributed by atoms with van der Waals surface area (Å²) in [6.45, 7) is 4.42. The van der Waals surface area contributed by atoms with Gasteiger partial charge in [-0.2, -0.15) is 0 Å². The van der Waals surface area contributed by atoms with Gasteiger partial charge in [-0.1, -0.05) is 32.0 Å². The highest BCUT2D eigenvalue weighted by Crippen LogP contribution is 2.36. The zero-order valence-corrected chi connectivity index (χ0v) is 17.3. The van der Waals surface area contributed by atoms with Crippen LogP contribution in [0.4, 0.5) is 0 Å². The van der Waals surface area contributed by atoms with Gasteiger partial charge in [-0.05, 0) is 65.4 Å². The van der Waals surface area contributed by atoms with Crippen LogP contribution in [0.25, 0.3) is 0 Å². The first-order valence-electron chi connectivity index (χ1n) is 9.50. The zero-order chi connectivity index (χ0) is 20.9. The van der Waals surface area contributed by atoms with Gasteiger partial charge in [-0.25, -0.2) is 0 Å². The molecule has 0 saturated carbocycles. The van der Waals surface area contributed by atoms with Crippen LogP contribution in [0.2, 0.25) is 0 Å². The summed E-state index contributed by atoms with van der Waals surface area (Å²) in [7, 11) is 3.31. The second-order valence-electron chi connectivity index (χ2n) is 7.55. The second kappa shape index (κ2) is 8.82. The molecule has 0 aromatic heterocycles. The van der Waals surface area contributed by atoms with Gasteiger partial charge in [0.05, 0.1) is 14.2 Å². The number of hydrogen-bond donors (Lipinski definition) is 0. The third kappa shape index (κ3) is 4.96. The fourth-order valence-corrected chi connectivity index (χ4v) is 3.26. The van der Waals surface area contributed by atoms with Gasteiger partial charge in [-0.15, -0.1) is 0 Å². The van der Waals surface area contributed by atoms with Gasteiger partial charge in [0.2, 0.25) is 0 Å². The van der Waals surface area contributed by atoms with Crippen LogP contribution in [0, 0.1) is 0 Å². The molecule has 0 aliphatic heterocycles. The summed E-state index contributed by atoms with van der Waals surface area (Å²) in [4.78, 5) is 10.9. The van der Waals surface area contributed by atoms with Crippen molar-refractivity contribution in [3.8, 4) is 23.0 Å². The Balaban J connectivity index is 1.89. The predicted molar refractivity (Wildman–Crippen MR) is 115 cm³/mol. The lowest BCUT2D eigenvalue weighted by molar-refractivity contribution is 0.112. The number of benzene rings is 3. The van der Waals surface area contributed by atoms with E-state index in [9.17, 15) is 4.79 Å². The second-order valence-corrected chi connectivity index (χ2v) is 7.55. The Hall–Kier alpha value is -3.27. The minimum Gasteiger partial charge on any atom is -0.497 e. The van der Waals surface area contributed by atoms with Crippen LogP contribution in [0.3, 0.4) is 0 Å². The standard InChI is InChI=1S/C25H26O4/c1-25(2,20-8-13-21(27-3)14-9-20)16-19-7-12-23(28-4)15-24(19)29-22-10-5-18(17-26)6-11-22/h5-15,17H,16H2,1-4H3. The average molecular weight is 390 g/mol. The highest BCUT2D eigenvalue weighted by atomic mass is 16.5. The number of hydrogen-bond acceptors (Lipinski definition) is 4. The normalized spacial score (nSPS) is 11.0. The highest BCUT2D eigenvalue weighted by molar-refractivity contribution is 5.74. The van der Waals surface area contributed by atoms with E-state index in [4.69, 9.17) is 14.2 Å². The molecular weight excluding hydrogens is 364 g/mol. The Labute approximate surface area is 172 Å². The Bertz CT molecular complexity index is 957. The Morgan fingerprint density at radius 2 is 1.38 bits per heavy atom. The van der Waals surface area contributed by atoms with Crippen molar-refractivity contribution in [3.63, 3.8) is 0 Å². The summed E-state index contributed by atoms with van der Waals surface area (Å²) in [5.74, 6) is 2.99. The predicted octanol–water partition coefficient (Wildman–Crippen LogP) is 5.83. The lowest BCUT2D eigenvalue weighted by Crippen LogP contribution is -2.20. The molecule has 0 N–H and O–H groups in total. The SMILES string of the molecule is COc1ccc(C(C)(C)Cc2ccc(OC)cc2Oc2ccc(C=O)cc2)cc1. The molecule has 0 heterocycles. The fourth-order valence-electron chi connectivity index (χ4n) is 3.26. The number of aldehydes is 1. The molecule has 0 bridgehead atoms.